The summed E-state index contributed by atoms with van der Waals surface area (Å²) in [6.45, 7) is 7.39. The van der Waals surface area contributed by atoms with Gasteiger partial charge in [0, 0.05) is 11.5 Å². The molecular weight excluding hydrogens is 408 g/mol. The topological polar surface area (TPSA) is 82.4 Å². The normalized spacial score (nSPS) is 21.8. The van der Waals surface area contributed by atoms with Gasteiger partial charge in [-0.1, -0.05) is 0 Å². The molecule has 0 spiro atoms. The Morgan fingerprint density at radius 2 is 1.69 bits per heavy atom. The molecule has 3 atom stereocenters. The van der Waals surface area contributed by atoms with E-state index in [-0.39, 0.29) is 18.1 Å². The molecule has 1 aliphatic heterocycles. The predicted octanol–water partition coefficient (Wildman–Crippen LogP) is 4.13. The number of fused-ring (bicyclic) bond motifs is 3. The summed E-state index contributed by atoms with van der Waals surface area (Å²) in [7, 11) is 1.64. The smallest absolute Gasteiger partial charge is 0.257 e. The van der Waals surface area contributed by atoms with Gasteiger partial charge in [-0.15, -0.1) is 0 Å². The van der Waals surface area contributed by atoms with E-state index in [1.54, 1.807) is 7.11 Å². The Kier molecular flexibility index (Phi) is 6.84. The summed E-state index contributed by atoms with van der Waals surface area (Å²) in [6.07, 6.45) is 1.96. The number of benzene rings is 1. The lowest BCUT2D eigenvalue weighted by atomic mass is 9.74. The van der Waals surface area contributed by atoms with E-state index in [9.17, 15) is 5.11 Å². The molecule has 0 bridgehead atoms. The number of rotatable bonds is 8. The lowest BCUT2D eigenvalue weighted by Crippen LogP contribution is -2.34. The fourth-order valence-corrected chi connectivity index (χ4v) is 4.64. The van der Waals surface area contributed by atoms with Crippen molar-refractivity contribution in [3.63, 3.8) is 0 Å². The quantitative estimate of drug-likeness (QED) is 0.665. The number of aromatic nitrogens is 1. The third-order valence-electron chi connectivity index (χ3n) is 6.02. The van der Waals surface area contributed by atoms with E-state index in [1.165, 1.54) is 0 Å². The first-order valence-electron chi connectivity index (χ1n) is 11.5. The molecule has 32 heavy (non-hydrogen) atoms. The molecule has 7 nitrogen and oxygen atoms in total. The van der Waals surface area contributed by atoms with Crippen LogP contribution >= 0.6 is 0 Å². The third-order valence-corrected chi connectivity index (χ3v) is 6.02. The molecule has 2 heterocycles. The Balaban J connectivity index is 1.85. The second-order valence-electron chi connectivity index (χ2n) is 8.01. The Labute approximate surface area is 189 Å². The highest BCUT2D eigenvalue weighted by Crippen LogP contribution is 2.45. The van der Waals surface area contributed by atoms with Gasteiger partial charge in [-0.3, -0.25) is 4.99 Å². The van der Waals surface area contributed by atoms with E-state index >= 15 is 0 Å². The van der Waals surface area contributed by atoms with E-state index in [1.807, 2.05) is 39.0 Å². The summed E-state index contributed by atoms with van der Waals surface area (Å²) in [5, 5.41) is 10.4. The zero-order valence-electron chi connectivity index (χ0n) is 19.3. The fourth-order valence-electron chi connectivity index (χ4n) is 4.64. The van der Waals surface area contributed by atoms with Gasteiger partial charge in [0.25, 0.3) is 5.88 Å². The van der Waals surface area contributed by atoms with Crippen molar-refractivity contribution in [2.45, 2.75) is 58.1 Å². The summed E-state index contributed by atoms with van der Waals surface area (Å²) in [4.78, 5) is 9.90. The summed E-state index contributed by atoms with van der Waals surface area (Å²) < 4.78 is 22.9. The summed E-state index contributed by atoms with van der Waals surface area (Å²) in [5.41, 5.74) is 3.62. The number of aliphatic imine (C=N–C) groups is 1. The highest BCUT2D eigenvalue weighted by Gasteiger charge is 2.37. The zero-order valence-corrected chi connectivity index (χ0v) is 19.3. The Hall–Kier alpha value is -2.80. The van der Waals surface area contributed by atoms with Crippen molar-refractivity contribution in [2.24, 2.45) is 4.99 Å². The van der Waals surface area contributed by atoms with E-state index < -0.39 is 0 Å². The lowest BCUT2D eigenvalue weighted by molar-refractivity contribution is 0.111. The average Bonchev–Trinajstić information content (AvgIpc) is 2.80. The number of pyridine rings is 1. The highest BCUT2D eigenvalue weighted by atomic mass is 16.5. The van der Waals surface area contributed by atoms with Crippen LogP contribution in [0.25, 0.3) is 0 Å². The minimum absolute atomic E-state index is 0.0904. The molecule has 1 saturated carbocycles. The van der Waals surface area contributed by atoms with Crippen LogP contribution in [0.1, 0.15) is 62.8 Å². The number of methoxy groups -OCH3 is 1. The third kappa shape index (κ3) is 4.26. The van der Waals surface area contributed by atoms with Crippen LogP contribution in [-0.4, -0.2) is 54.9 Å². The molecule has 0 saturated heterocycles. The maximum absolute atomic E-state index is 10.4. The van der Waals surface area contributed by atoms with Gasteiger partial charge >= 0.3 is 0 Å². The molecule has 7 heteroatoms. The van der Waals surface area contributed by atoms with Gasteiger partial charge in [-0.05, 0) is 69.9 Å². The molecule has 0 amide bonds. The van der Waals surface area contributed by atoms with Gasteiger partial charge < -0.3 is 24.1 Å². The van der Waals surface area contributed by atoms with Crippen molar-refractivity contribution in [3.05, 3.63) is 41.1 Å². The molecule has 1 aliphatic carbocycles. The molecule has 1 aromatic heterocycles. The van der Waals surface area contributed by atoms with Crippen LogP contribution in [-0.2, 0) is 0 Å². The van der Waals surface area contributed by atoms with Gasteiger partial charge in [-0.2, -0.15) is 0 Å². The average molecular weight is 441 g/mol. The first kappa shape index (κ1) is 22.4. The number of aliphatic hydroxyl groups excluding tert-OH is 1. The van der Waals surface area contributed by atoms with E-state index in [4.69, 9.17) is 28.9 Å². The molecule has 2 aromatic rings. The second kappa shape index (κ2) is 9.77. The molecule has 1 N–H and O–H groups in total. The van der Waals surface area contributed by atoms with Gasteiger partial charge in [0.1, 0.15) is 0 Å². The van der Waals surface area contributed by atoms with Crippen LogP contribution in [0.4, 0.5) is 0 Å². The van der Waals surface area contributed by atoms with E-state index in [0.717, 1.165) is 35.4 Å². The molecular formula is C25H32N2O5. The van der Waals surface area contributed by atoms with Crippen molar-refractivity contribution in [1.29, 1.82) is 0 Å². The van der Waals surface area contributed by atoms with Gasteiger partial charge in [-0.25, -0.2) is 4.98 Å². The second-order valence-corrected chi connectivity index (χ2v) is 8.01. The highest BCUT2D eigenvalue weighted by molar-refractivity contribution is 6.14. The number of nitrogens with zero attached hydrogens (tertiary/aromatic N) is 2. The summed E-state index contributed by atoms with van der Waals surface area (Å²) >= 11 is 0. The number of hydrogen-bond acceptors (Lipinski definition) is 7. The van der Waals surface area contributed by atoms with Crippen LogP contribution in [0, 0.1) is 0 Å². The van der Waals surface area contributed by atoms with Crippen LogP contribution in [0.3, 0.4) is 0 Å². The van der Waals surface area contributed by atoms with E-state index in [2.05, 4.69) is 6.07 Å². The van der Waals surface area contributed by atoms with Crippen LogP contribution in [0.2, 0.25) is 0 Å². The molecule has 1 aromatic carbocycles. The van der Waals surface area contributed by atoms with Crippen LogP contribution in [0.15, 0.2) is 29.3 Å². The minimum atomic E-state index is -0.313. The molecule has 1 fully saturated rings. The van der Waals surface area contributed by atoms with Crippen molar-refractivity contribution >= 4 is 5.71 Å². The Morgan fingerprint density at radius 3 is 2.41 bits per heavy atom. The van der Waals surface area contributed by atoms with Crippen molar-refractivity contribution in [1.82, 2.24) is 4.98 Å². The Morgan fingerprint density at radius 1 is 0.938 bits per heavy atom. The number of hydrogen-bond donors (Lipinski definition) is 1. The standard InChI is InChI=1S/C25H32N2O5/c1-5-30-21-11-10-20(27-25(21)32-7-3)24-18-14-22(29-4)23(31-6-2)13-16(18)17-12-15(28)8-9-19(17)26-24/h10-11,13-15,17,19,28H,5-9,12H2,1-4H3/t15-,17-,19-/m1/s1. The molecule has 0 unspecified atom stereocenters. The van der Waals surface area contributed by atoms with Crippen LogP contribution in [0.5, 0.6) is 23.1 Å². The SMILES string of the molecule is CCOc1cc2c(cc1OC)C(c1ccc(OCC)c(OCC)n1)=N[C@@H]1CC[C@@H](O)C[C@H]21. The van der Waals surface area contributed by atoms with Gasteiger partial charge in [0.2, 0.25) is 0 Å². The maximum Gasteiger partial charge on any atom is 0.257 e. The molecule has 0 radical (unpaired) electrons. The van der Waals surface area contributed by atoms with Crippen molar-refractivity contribution in [2.75, 3.05) is 26.9 Å². The first-order valence-corrected chi connectivity index (χ1v) is 11.5. The van der Waals surface area contributed by atoms with Gasteiger partial charge in [0.05, 0.1) is 50.5 Å². The van der Waals surface area contributed by atoms with Crippen molar-refractivity contribution < 1.29 is 24.1 Å². The largest absolute Gasteiger partial charge is 0.493 e. The predicted molar refractivity (Wildman–Crippen MR) is 123 cm³/mol. The first-order chi connectivity index (χ1) is 15.6. The van der Waals surface area contributed by atoms with E-state index in [0.29, 0.717) is 49.4 Å². The van der Waals surface area contributed by atoms with Gasteiger partial charge in [0.15, 0.2) is 17.2 Å². The number of ether oxygens (including phenoxy) is 4. The minimum Gasteiger partial charge on any atom is -0.493 e. The molecule has 172 valence electrons. The zero-order chi connectivity index (χ0) is 22.7. The maximum atomic E-state index is 10.4. The Bertz CT molecular complexity index is 991. The monoisotopic (exact) mass is 440 g/mol. The van der Waals surface area contributed by atoms with Crippen LogP contribution < -0.4 is 18.9 Å². The number of aliphatic hydroxyl groups is 1. The molecule has 2 aliphatic rings. The summed E-state index contributed by atoms with van der Waals surface area (Å²) in [6, 6.07) is 7.95. The summed E-state index contributed by atoms with van der Waals surface area (Å²) in [5.74, 6) is 2.59. The fraction of sp³-hybridized carbons (Fsp3) is 0.520. The molecule has 4 rings (SSSR count). The van der Waals surface area contributed by atoms with Crippen molar-refractivity contribution in [3.8, 4) is 23.1 Å². The lowest BCUT2D eigenvalue weighted by Gasteiger charge is -2.37.